The van der Waals surface area contributed by atoms with Crippen LogP contribution in [-0.2, 0) is 6.18 Å². The van der Waals surface area contributed by atoms with Gasteiger partial charge in [-0.1, -0.05) is 34.8 Å². The van der Waals surface area contributed by atoms with Crippen molar-refractivity contribution in [1.82, 2.24) is 0 Å². The molecule has 1 aliphatic carbocycles. The first-order valence-electron chi connectivity index (χ1n) is 8.05. The van der Waals surface area contributed by atoms with Gasteiger partial charge in [0, 0.05) is 11.1 Å². The van der Waals surface area contributed by atoms with Gasteiger partial charge in [-0.3, -0.25) is 0 Å². The number of halogens is 4. The standard InChI is InChI=1S/C17H22BrF3O2/c18-14-5-3-6-15(16(14)17(19,20)21)23-13-9-7-12(8-10-13)4-1-2-11-22/h3,5-6,12-13,22H,1-2,4,7-11H2. The molecule has 1 N–H and O–H groups in total. The van der Waals surface area contributed by atoms with Gasteiger partial charge in [0.2, 0.25) is 0 Å². The molecular weight excluding hydrogens is 373 g/mol. The lowest BCUT2D eigenvalue weighted by atomic mass is 9.84. The number of hydrogen-bond acceptors (Lipinski definition) is 2. The summed E-state index contributed by atoms with van der Waals surface area (Å²) in [6.45, 7) is 0.224. The van der Waals surface area contributed by atoms with Gasteiger partial charge >= 0.3 is 6.18 Å². The van der Waals surface area contributed by atoms with Crippen LogP contribution in [-0.4, -0.2) is 17.8 Å². The molecule has 2 rings (SSSR count). The van der Waals surface area contributed by atoms with Crippen LogP contribution in [0.3, 0.4) is 0 Å². The van der Waals surface area contributed by atoms with Crippen LogP contribution in [0.4, 0.5) is 13.2 Å². The maximum Gasteiger partial charge on any atom is 0.421 e. The summed E-state index contributed by atoms with van der Waals surface area (Å²) in [6.07, 6.45) is 1.85. The highest BCUT2D eigenvalue weighted by Crippen LogP contribution is 2.42. The van der Waals surface area contributed by atoms with Crippen LogP contribution in [0.15, 0.2) is 22.7 Å². The maximum atomic E-state index is 13.2. The molecule has 0 aliphatic heterocycles. The predicted octanol–water partition coefficient (Wildman–Crippen LogP) is 5.57. The summed E-state index contributed by atoms with van der Waals surface area (Å²) in [5.74, 6) is 0.515. The molecular formula is C17H22BrF3O2. The smallest absolute Gasteiger partial charge is 0.421 e. The third-order valence-electron chi connectivity index (χ3n) is 4.37. The van der Waals surface area contributed by atoms with Gasteiger partial charge in [0.1, 0.15) is 11.3 Å². The number of aliphatic hydroxyl groups is 1. The third kappa shape index (κ3) is 5.38. The molecule has 0 aromatic heterocycles. The Morgan fingerprint density at radius 2 is 1.83 bits per heavy atom. The first-order chi connectivity index (χ1) is 10.9. The molecule has 0 saturated heterocycles. The van der Waals surface area contributed by atoms with E-state index in [0.717, 1.165) is 44.9 Å². The Kier molecular flexibility index (Phi) is 6.77. The summed E-state index contributed by atoms with van der Waals surface area (Å²) >= 11 is 2.97. The van der Waals surface area contributed by atoms with Crippen molar-refractivity contribution in [3.8, 4) is 5.75 Å². The van der Waals surface area contributed by atoms with E-state index < -0.39 is 11.7 Å². The van der Waals surface area contributed by atoms with E-state index in [-0.39, 0.29) is 22.9 Å². The van der Waals surface area contributed by atoms with Crippen molar-refractivity contribution in [3.05, 3.63) is 28.2 Å². The molecule has 0 amide bonds. The van der Waals surface area contributed by atoms with E-state index in [9.17, 15) is 13.2 Å². The fraction of sp³-hybridized carbons (Fsp3) is 0.647. The number of aliphatic hydroxyl groups excluding tert-OH is 1. The second-order valence-corrected chi connectivity index (χ2v) is 6.95. The van der Waals surface area contributed by atoms with E-state index in [1.807, 2.05) is 0 Å². The van der Waals surface area contributed by atoms with E-state index in [1.165, 1.54) is 12.1 Å². The highest BCUT2D eigenvalue weighted by molar-refractivity contribution is 9.10. The molecule has 0 heterocycles. The van der Waals surface area contributed by atoms with E-state index in [2.05, 4.69) is 15.9 Å². The van der Waals surface area contributed by atoms with Crippen molar-refractivity contribution in [2.75, 3.05) is 6.61 Å². The Bertz CT molecular complexity index is 497. The highest BCUT2D eigenvalue weighted by Gasteiger charge is 2.37. The summed E-state index contributed by atoms with van der Waals surface area (Å²) in [7, 11) is 0. The van der Waals surface area contributed by atoms with Gasteiger partial charge in [-0.2, -0.15) is 13.2 Å². The second-order valence-electron chi connectivity index (χ2n) is 6.09. The molecule has 1 aliphatic rings. The molecule has 0 spiro atoms. The molecule has 1 aromatic rings. The minimum Gasteiger partial charge on any atom is -0.490 e. The van der Waals surface area contributed by atoms with E-state index in [4.69, 9.17) is 9.84 Å². The topological polar surface area (TPSA) is 29.5 Å². The molecule has 0 radical (unpaired) electrons. The highest BCUT2D eigenvalue weighted by atomic mass is 79.9. The zero-order valence-corrected chi connectivity index (χ0v) is 14.5. The molecule has 2 nitrogen and oxygen atoms in total. The lowest BCUT2D eigenvalue weighted by molar-refractivity contribution is -0.140. The molecule has 1 saturated carbocycles. The molecule has 0 bridgehead atoms. The molecule has 0 atom stereocenters. The minimum absolute atomic E-state index is 0.0141. The minimum atomic E-state index is -4.43. The lowest BCUT2D eigenvalue weighted by Crippen LogP contribution is -2.25. The molecule has 130 valence electrons. The van der Waals surface area contributed by atoms with E-state index in [1.54, 1.807) is 6.07 Å². The number of unbranched alkanes of at least 4 members (excludes halogenated alkanes) is 1. The fourth-order valence-corrected chi connectivity index (χ4v) is 3.71. The predicted molar refractivity (Wildman–Crippen MR) is 86.5 cm³/mol. The van der Waals surface area contributed by atoms with E-state index in [0.29, 0.717) is 5.92 Å². The average Bonchev–Trinajstić information content (AvgIpc) is 2.48. The summed E-state index contributed by atoms with van der Waals surface area (Å²) in [5, 5.41) is 8.80. The van der Waals surface area contributed by atoms with E-state index >= 15 is 0 Å². The molecule has 23 heavy (non-hydrogen) atoms. The molecule has 1 aromatic carbocycles. The molecule has 6 heteroatoms. The lowest BCUT2D eigenvalue weighted by Gasteiger charge is -2.30. The number of benzene rings is 1. The first kappa shape index (κ1) is 18.6. The van der Waals surface area contributed by atoms with Crippen LogP contribution in [0.2, 0.25) is 0 Å². The summed E-state index contributed by atoms with van der Waals surface area (Å²) in [5.41, 5.74) is -0.731. The van der Waals surface area contributed by atoms with Crippen molar-refractivity contribution in [2.24, 2.45) is 5.92 Å². The Hall–Kier alpha value is -0.750. The van der Waals surface area contributed by atoms with Crippen molar-refractivity contribution in [3.63, 3.8) is 0 Å². The van der Waals surface area contributed by atoms with Crippen molar-refractivity contribution in [1.29, 1.82) is 0 Å². The van der Waals surface area contributed by atoms with Crippen molar-refractivity contribution in [2.45, 2.75) is 57.2 Å². The third-order valence-corrected chi connectivity index (χ3v) is 5.03. The van der Waals surface area contributed by atoms with Gasteiger partial charge in [-0.15, -0.1) is 0 Å². The van der Waals surface area contributed by atoms with Crippen LogP contribution in [0.1, 0.15) is 50.5 Å². The molecule has 1 fully saturated rings. The Morgan fingerprint density at radius 1 is 1.13 bits per heavy atom. The van der Waals surface area contributed by atoms with Crippen LogP contribution in [0.5, 0.6) is 5.75 Å². The van der Waals surface area contributed by atoms with Crippen molar-refractivity contribution >= 4 is 15.9 Å². The van der Waals surface area contributed by atoms with Crippen LogP contribution < -0.4 is 4.74 Å². The quantitative estimate of drug-likeness (QED) is 0.639. The molecule has 0 unspecified atom stereocenters. The fourth-order valence-electron chi connectivity index (χ4n) is 3.14. The number of rotatable bonds is 6. The van der Waals surface area contributed by atoms with Gasteiger partial charge in [0.25, 0.3) is 0 Å². The summed E-state index contributed by atoms with van der Waals surface area (Å²) in [6, 6.07) is 4.34. The zero-order valence-electron chi connectivity index (χ0n) is 12.9. The Labute approximate surface area is 143 Å². The zero-order chi connectivity index (χ0) is 16.9. The van der Waals surface area contributed by atoms with Gasteiger partial charge in [-0.25, -0.2) is 0 Å². The first-order valence-corrected chi connectivity index (χ1v) is 8.84. The maximum absolute atomic E-state index is 13.2. The SMILES string of the molecule is OCCCCC1CCC(Oc2cccc(Br)c2C(F)(F)F)CC1. The summed E-state index contributed by atoms with van der Waals surface area (Å²) in [4.78, 5) is 0. The monoisotopic (exact) mass is 394 g/mol. The number of hydrogen-bond donors (Lipinski definition) is 1. The second kappa shape index (κ2) is 8.38. The van der Waals surface area contributed by atoms with Gasteiger partial charge < -0.3 is 9.84 Å². The van der Waals surface area contributed by atoms with Crippen LogP contribution in [0.25, 0.3) is 0 Å². The van der Waals surface area contributed by atoms with Crippen LogP contribution >= 0.6 is 15.9 Å². The van der Waals surface area contributed by atoms with Gasteiger partial charge in [0.15, 0.2) is 0 Å². The van der Waals surface area contributed by atoms with Gasteiger partial charge in [-0.05, 0) is 50.2 Å². The van der Waals surface area contributed by atoms with Gasteiger partial charge in [0.05, 0.1) is 6.10 Å². The number of ether oxygens (including phenoxy) is 1. The van der Waals surface area contributed by atoms with Crippen molar-refractivity contribution < 1.29 is 23.0 Å². The summed E-state index contributed by atoms with van der Waals surface area (Å²) < 4.78 is 45.2. The number of alkyl halides is 3. The average molecular weight is 395 g/mol. The normalized spacial score (nSPS) is 22.1. The Morgan fingerprint density at radius 3 is 2.43 bits per heavy atom. The van der Waals surface area contributed by atoms with Crippen LogP contribution in [0, 0.1) is 5.92 Å². The Balaban J connectivity index is 1.93. The largest absolute Gasteiger partial charge is 0.490 e.